The van der Waals surface area contributed by atoms with Gasteiger partial charge in [-0.2, -0.15) is 0 Å². The molecular formula is C18H18N4O3S. The average molecular weight is 370 g/mol. The molecule has 4 rings (SSSR count). The number of carbonyl (C=O) groups excluding carboxylic acids is 2. The van der Waals surface area contributed by atoms with Crippen LogP contribution in [-0.4, -0.2) is 28.6 Å². The van der Waals surface area contributed by atoms with E-state index in [0.29, 0.717) is 18.2 Å². The molecule has 1 N–H and O–H groups in total. The third-order valence-corrected chi connectivity index (χ3v) is 5.47. The van der Waals surface area contributed by atoms with Gasteiger partial charge in [-0.25, -0.2) is 0 Å². The van der Waals surface area contributed by atoms with Gasteiger partial charge in [0.05, 0.1) is 12.5 Å². The molecule has 134 valence electrons. The lowest BCUT2D eigenvalue weighted by molar-refractivity contribution is -0.126. The number of hydrogen-bond donors (Lipinski definition) is 1. The minimum absolute atomic E-state index is 0.0961. The highest BCUT2D eigenvalue weighted by Gasteiger charge is 2.36. The zero-order valence-corrected chi connectivity index (χ0v) is 15.3. The molecule has 1 aromatic carbocycles. The van der Waals surface area contributed by atoms with E-state index in [9.17, 15) is 9.59 Å². The third-order valence-electron chi connectivity index (χ3n) is 4.61. The Morgan fingerprint density at radius 2 is 2.15 bits per heavy atom. The van der Waals surface area contributed by atoms with Gasteiger partial charge in [-0.15, -0.1) is 10.2 Å². The summed E-state index contributed by atoms with van der Waals surface area (Å²) in [6, 6.07) is 7.78. The van der Waals surface area contributed by atoms with E-state index in [-0.39, 0.29) is 18.2 Å². The van der Waals surface area contributed by atoms with Crippen LogP contribution in [0.1, 0.15) is 22.8 Å². The largest absolute Gasteiger partial charge is 0.459 e. The summed E-state index contributed by atoms with van der Waals surface area (Å²) in [4.78, 5) is 26.3. The molecule has 8 heteroatoms. The van der Waals surface area contributed by atoms with Crippen LogP contribution in [-0.2, 0) is 16.1 Å². The highest BCUT2D eigenvalue weighted by atomic mass is 32.1. The molecule has 0 spiro atoms. The second kappa shape index (κ2) is 6.53. The summed E-state index contributed by atoms with van der Waals surface area (Å²) in [5.41, 5.74) is 1.83. The summed E-state index contributed by atoms with van der Waals surface area (Å²) < 4.78 is 5.82. The zero-order valence-electron chi connectivity index (χ0n) is 14.5. The van der Waals surface area contributed by atoms with Crippen LogP contribution in [0, 0.1) is 19.8 Å². The first-order valence-corrected chi connectivity index (χ1v) is 9.20. The second-order valence-corrected chi connectivity index (χ2v) is 7.53. The minimum Gasteiger partial charge on any atom is -0.459 e. The van der Waals surface area contributed by atoms with Crippen LogP contribution in [0.4, 0.5) is 5.13 Å². The molecule has 1 fully saturated rings. The predicted octanol–water partition coefficient (Wildman–Crippen LogP) is 2.57. The number of anilines is 1. The van der Waals surface area contributed by atoms with Gasteiger partial charge in [-0.3, -0.25) is 14.5 Å². The molecule has 0 saturated carbocycles. The van der Waals surface area contributed by atoms with Crippen molar-refractivity contribution in [2.75, 3.05) is 11.4 Å². The number of furan rings is 1. The Morgan fingerprint density at radius 1 is 1.35 bits per heavy atom. The smallest absolute Gasteiger partial charge is 0.229 e. The van der Waals surface area contributed by atoms with Crippen molar-refractivity contribution in [3.05, 3.63) is 40.6 Å². The first-order valence-electron chi connectivity index (χ1n) is 8.38. The molecule has 1 aliphatic rings. The van der Waals surface area contributed by atoms with Crippen LogP contribution in [0.25, 0.3) is 11.0 Å². The van der Waals surface area contributed by atoms with Crippen molar-refractivity contribution < 1.29 is 14.0 Å². The molecule has 1 unspecified atom stereocenters. The van der Waals surface area contributed by atoms with Crippen molar-refractivity contribution in [2.24, 2.45) is 5.92 Å². The van der Waals surface area contributed by atoms with E-state index in [4.69, 9.17) is 4.42 Å². The number of rotatable bonds is 4. The second-order valence-electron chi connectivity index (χ2n) is 6.37. The SMILES string of the molecule is Cc1nnc(N2CC(C(=O)NCc3oc4ccccc4c3C)CC2=O)s1. The Labute approximate surface area is 154 Å². The van der Waals surface area contributed by atoms with Gasteiger partial charge in [0.15, 0.2) is 0 Å². The summed E-state index contributed by atoms with van der Waals surface area (Å²) in [5.74, 6) is 0.0972. The Hall–Kier alpha value is -2.74. The third kappa shape index (κ3) is 2.96. The van der Waals surface area contributed by atoms with Crippen molar-refractivity contribution in [3.8, 4) is 0 Å². The molecule has 1 aliphatic heterocycles. The summed E-state index contributed by atoms with van der Waals surface area (Å²) in [6.07, 6.45) is 0.184. The fourth-order valence-corrected chi connectivity index (χ4v) is 3.88. The minimum atomic E-state index is -0.392. The number of carbonyl (C=O) groups is 2. The molecule has 7 nitrogen and oxygen atoms in total. The number of nitrogens with zero attached hydrogens (tertiary/aromatic N) is 3. The van der Waals surface area contributed by atoms with Gasteiger partial charge in [0.2, 0.25) is 16.9 Å². The molecule has 0 radical (unpaired) electrons. The maximum Gasteiger partial charge on any atom is 0.229 e. The number of para-hydroxylation sites is 1. The molecule has 1 atom stereocenters. The number of amides is 2. The molecule has 3 heterocycles. The number of hydrogen-bond acceptors (Lipinski definition) is 6. The van der Waals surface area contributed by atoms with Gasteiger partial charge in [0.25, 0.3) is 0 Å². The molecule has 0 bridgehead atoms. The van der Waals surface area contributed by atoms with E-state index < -0.39 is 5.92 Å². The van der Waals surface area contributed by atoms with E-state index >= 15 is 0 Å². The lowest BCUT2D eigenvalue weighted by Gasteiger charge is -2.12. The summed E-state index contributed by atoms with van der Waals surface area (Å²) in [5, 5.41) is 13.2. The quantitative estimate of drug-likeness (QED) is 0.762. The average Bonchev–Trinajstić information content (AvgIpc) is 3.31. The van der Waals surface area contributed by atoms with Gasteiger partial charge in [-0.05, 0) is 19.9 Å². The highest BCUT2D eigenvalue weighted by Crippen LogP contribution is 2.28. The Morgan fingerprint density at radius 3 is 2.88 bits per heavy atom. The standard InChI is InChI=1S/C18H18N4O3S/c1-10-13-5-3-4-6-14(13)25-15(10)8-19-17(24)12-7-16(23)22(9-12)18-21-20-11(2)26-18/h3-6,12H,7-9H2,1-2H3,(H,19,24). The van der Waals surface area contributed by atoms with Crippen LogP contribution in [0.2, 0.25) is 0 Å². The number of nitrogens with one attached hydrogen (secondary N) is 1. The maximum absolute atomic E-state index is 12.5. The normalized spacial score (nSPS) is 17.2. The van der Waals surface area contributed by atoms with Crippen LogP contribution in [0.5, 0.6) is 0 Å². The molecule has 2 aromatic heterocycles. The molecule has 0 aliphatic carbocycles. The molecular weight excluding hydrogens is 352 g/mol. The van der Waals surface area contributed by atoms with Gasteiger partial charge in [-0.1, -0.05) is 29.5 Å². The molecule has 1 saturated heterocycles. The molecule has 26 heavy (non-hydrogen) atoms. The van der Waals surface area contributed by atoms with Gasteiger partial charge >= 0.3 is 0 Å². The van der Waals surface area contributed by atoms with E-state index in [1.54, 1.807) is 4.90 Å². The van der Waals surface area contributed by atoms with Crippen LogP contribution >= 0.6 is 11.3 Å². The van der Waals surface area contributed by atoms with Gasteiger partial charge in [0.1, 0.15) is 16.4 Å². The van der Waals surface area contributed by atoms with E-state index in [1.807, 2.05) is 38.1 Å². The summed E-state index contributed by atoms with van der Waals surface area (Å²) >= 11 is 1.35. The van der Waals surface area contributed by atoms with Crippen molar-refractivity contribution in [1.29, 1.82) is 0 Å². The first kappa shape index (κ1) is 16.7. The number of fused-ring (bicyclic) bond motifs is 1. The van der Waals surface area contributed by atoms with Gasteiger partial charge in [0, 0.05) is 23.9 Å². The van der Waals surface area contributed by atoms with E-state index in [2.05, 4.69) is 15.5 Å². The summed E-state index contributed by atoms with van der Waals surface area (Å²) in [6.45, 7) is 4.45. The van der Waals surface area contributed by atoms with E-state index in [1.165, 1.54) is 11.3 Å². The molecule has 3 aromatic rings. The molecule has 2 amide bonds. The zero-order chi connectivity index (χ0) is 18.3. The van der Waals surface area contributed by atoms with E-state index in [0.717, 1.165) is 27.3 Å². The Balaban J connectivity index is 1.42. The lowest BCUT2D eigenvalue weighted by Crippen LogP contribution is -2.32. The highest BCUT2D eigenvalue weighted by molar-refractivity contribution is 7.15. The van der Waals surface area contributed by atoms with Crippen molar-refractivity contribution in [2.45, 2.75) is 26.8 Å². The van der Waals surface area contributed by atoms with Crippen molar-refractivity contribution in [3.63, 3.8) is 0 Å². The fraction of sp³-hybridized carbons (Fsp3) is 0.333. The van der Waals surface area contributed by atoms with Gasteiger partial charge < -0.3 is 9.73 Å². The van der Waals surface area contributed by atoms with Crippen molar-refractivity contribution >= 4 is 39.3 Å². The lowest BCUT2D eigenvalue weighted by atomic mass is 10.1. The Bertz CT molecular complexity index is 993. The first-order chi connectivity index (χ1) is 12.5. The number of aromatic nitrogens is 2. The van der Waals surface area contributed by atoms with Crippen LogP contribution in [0.3, 0.4) is 0 Å². The van der Waals surface area contributed by atoms with Crippen LogP contribution in [0.15, 0.2) is 28.7 Å². The fourth-order valence-electron chi connectivity index (χ4n) is 3.17. The van der Waals surface area contributed by atoms with Crippen molar-refractivity contribution in [1.82, 2.24) is 15.5 Å². The monoisotopic (exact) mass is 370 g/mol. The predicted molar refractivity (Wildman–Crippen MR) is 97.9 cm³/mol. The van der Waals surface area contributed by atoms with Crippen LogP contribution < -0.4 is 10.2 Å². The number of aryl methyl sites for hydroxylation is 2. The Kier molecular flexibility index (Phi) is 4.20. The summed E-state index contributed by atoms with van der Waals surface area (Å²) in [7, 11) is 0. The maximum atomic E-state index is 12.5. The topological polar surface area (TPSA) is 88.3 Å². The number of benzene rings is 1.